The lowest BCUT2D eigenvalue weighted by molar-refractivity contribution is -0.114. The third-order valence-electron chi connectivity index (χ3n) is 4.93. The van der Waals surface area contributed by atoms with Crippen molar-refractivity contribution in [1.82, 2.24) is 0 Å². The van der Waals surface area contributed by atoms with E-state index in [4.69, 9.17) is 0 Å². The second-order valence-electron chi connectivity index (χ2n) is 7.41. The Balaban J connectivity index is 1.74. The quantitative estimate of drug-likeness (QED) is 0.545. The zero-order chi connectivity index (χ0) is 22.9. The van der Waals surface area contributed by atoms with E-state index in [0.717, 1.165) is 5.56 Å². The molecule has 4 rings (SSSR count). The highest BCUT2D eigenvalue weighted by molar-refractivity contribution is 7.97. The normalized spacial score (nSPS) is 13.9. The number of carbonyl (C=O) groups is 2. The smallest absolute Gasteiger partial charge is 0.269 e. The molecule has 1 aliphatic rings. The summed E-state index contributed by atoms with van der Waals surface area (Å²) in [5.74, 6) is -0.915. The van der Waals surface area contributed by atoms with Crippen LogP contribution in [0.2, 0.25) is 0 Å². The molecule has 1 aliphatic heterocycles. The summed E-state index contributed by atoms with van der Waals surface area (Å²) in [6, 6.07) is 20.3. The van der Waals surface area contributed by atoms with Gasteiger partial charge >= 0.3 is 0 Å². The van der Waals surface area contributed by atoms with Gasteiger partial charge in [0.15, 0.2) is 4.91 Å². The van der Waals surface area contributed by atoms with Crippen LogP contribution in [-0.2, 0) is 19.4 Å². The number of hydrogen-bond acceptors (Lipinski definition) is 5. The fourth-order valence-corrected chi connectivity index (χ4v) is 5.11. The Morgan fingerprint density at radius 3 is 1.97 bits per heavy atom. The minimum Gasteiger partial charge on any atom is -0.354 e. The fourth-order valence-electron chi connectivity index (χ4n) is 3.44. The Bertz CT molecular complexity index is 1340. The zero-order valence-corrected chi connectivity index (χ0v) is 18.3. The van der Waals surface area contributed by atoms with E-state index in [0.29, 0.717) is 22.6 Å². The van der Waals surface area contributed by atoms with Gasteiger partial charge in [-0.1, -0.05) is 35.9 Å². The van der Waals surface area contributed by atoms with Crippen molar-refractivity contribution < 1.29 is 18.0 Å². The maximum Gasteiger partial charge on any atom is 0.269 e. The van der Waals surface area contributed by atoms with Crippen molar-refractivity contribution in [3.8, 4) is 0 Å². The van der Waals surface area contributed by atoms with Crippen LogP contribution in [-0.4, -0.2) is 20.2 Å². The molecule has 3 N–H and O–H groups in total. The summed E-state index contributed by atoms with van der Waals surface area (Å²) >= 11 is 0. The number of fused-ring (bicyclic) bond motifs is 1. The molecular formula is C24H21N3O4S. The van der Waals surface area contributed by atoms with Crippen molar-refractivity contribution in [3.63, 3.8) is 0 Å². The summed E-state index contributed by atoms with van der Waals surface area (Å²) in [5, 5.41) is 8.44. The molecular weight excluding hydrogens is 426 g/mol. The number of benzene rings is 3. The predicted octanol–water partition coefficient (Wildman–Crippen LogP) is 4.16. The summed E-state index contributed by atoms with van der Waals surface area (Å²) in [5.41, 5.74) is 3.33. The molecule has 0 aliphatic carbocycles. The van der Waals surface area contributed by atoms with Crippen LogP contribution in [0.25, 0.3) is 5.70 Å². The summed E-state index contributed by atoms with van der Waals surface area (Å²) in [7, 11) is -4.02. The molecule has 0 spiro atoms. The van der Waals surface area contributed by atoms with Crippen molar-refractivity contribution in [2.45, 2.75) is 18.7 Å². The molecule has 0 radical (unpaired) electrons. The van der Waals surface area contributed by atoms with Crippen LogP contribution in [0.1, 0.15) is 18.1 Å². The first-order chi connectivity index (χ1) is 15.3. The van der Waals surface area contributed by atoms with Crippen LogP contribution >= 0.6 is 0 Å². The van der Waals surface area contributed by atoms with E-state index in [2.05, 4.69) is 16.0 Å². The number of rotatable bonds is 5. The van der Waals surface area contributed by atoms with Gasteiger partial charge in [0.05, 0.1) is 10.6 Å². The number of amides is 2. The first-order valence-electron chi connectivity index (χ1n) is 9.87. The summed E-state index contributed by atoms with van der Waals surface area (Å²) in [6.07, 6.45) is 0. The lowest BCUT2D eigenvalue weighted by atomic mass is 10.1. The first kappa shape index (κ1) is 21.3. The molecule has 0 fully saturated rings. The second-order valence-corrected chi connectivity index (χ2v) is 9.26. The van der Waals surface area contributed by atoms with E-state index in [1.54, 1.807) is 54.6 Å². The maximum atomic E-state index is 13.2. The van der Waals surface area contributed by atoms with Crippen molar-refractivity contribution >= 4 is 44.4 Å². The van der Waals surface area contributed by atoms with E-state index >= 15 is 0 Å². The molecule has 0 saturated heterocycles. The van der Waals surface area contributed by atoms with E-state index in [1.165, 1.54) is 13.0 Å². The van der Waals surface area contributed by atoms with Gasteiger partial charge in [-0.15, -0.1) is 0 Å². The molecule has 0 bridgehead atoms. The van der Waals surface area contributed by atoms with Crippen LogP contribution in [0.4, 0.5) is 17.1 Å². The van der Waals surface area contributed by atoms with Gasteiger partial charge in [0.2, 0.25) is 15.7 Å². The number of nitrogens with one attached hydrogen (secondary N) is 3. The number of sulfone groups is 1. The molecule has 162 valence electrons. The van der Waals surface area contributed by atoms with Crippen molar-refractivity contribution in [2.24, 2.45) is 0 Å². The van der Waals surface area contributed by atoms with Gasteiger partial charge in [-0.2, -0.15) is 0 Å². The van der Waals surface area contributed by atoms with Gasteiger partial charge in [0, 0.05) is 29.5 Å². The standard InChI is InChI=1S/C24H21N3O4S/c1-15-7-9-19(10-8-15)27-24(29)23-22(20-5-3-4-6-21(20)32(23,30)31)26-18-13-11-17(12-14-18)25-16(2)28/h3-14,26H,1-2H3,(H,25,28)(H,27,29). The summed E-state index contributed by atoms with van der Waals surface area (Å²) in [6.45, 7) is 3.33. The molecule has 3 aromatic rings. The number of aryl methyl sites for hydroxylation is 1. The monoisotopic (exact) mass is 447 g/mol. The highest BCUT2D eigenvalue weighted by Gasteiger charge is 2.40. The van der Waals surface area contributed by atoms with Crippen molar-refractivity contribution in [2.75, 3.05) is 16.0 Å². The van der Waals surface area contributed by atoms with Crippen LogP contribution in [0, 0.1) is 6.92 Å². The number of carbonyl (C=O) groups excluding carboxylic acids is 2. The summed E-state index contributed by atoms with van der Waals surface area (Å²) in [4.78, 5) is 24.1. The van der Waals surface area contributed by atoms with E-state index in [-0.39, 0.29) is 21.4 Å². The third kappa shape index (κ3) is 4.13. The Labute approximate surface area is 186 Å². The average Bonchev–Trinajstić information content (AvgIpc) is 2.97. The zero-order valence-electron chi connectivity index (χ0n) is 17.5. The minimum atomic E-state index is -4.02. The van der Waals surface area contributed by atoms with Crippen molar-refractivity contribution in [1.29, 1.82) is 0 Å². The Kier molecular flexibility index (Phi) is 5.54. The Morgan fingerprint density at radius 1 is 0.750 bits per heavy atom. The van der Waals surface area contributed by atoms with Crippen LogP contribution in [0.5, 0.6) is 0 Å². The van der Waals surface area contributed by atoms with Gasteiger partial charge in [-0.3, -0.25) is 9.59 Å². The molecule has 0 saturated carbocycles. The topological polar surface area (TPSA) is 104 Å². The highest BCUT2D eigenvalue weighted by Crippen LogP contribution is 2.40. The van der Waals surface area contributed by atoms with E-state index in [9.17, 15) is 18.0 Å². The van der Waals surface area contributed by atoms with E-state index in [1.807, 2.05) is 19.1 Å². The van der Waals surface area contributed by atoms with Crippen LogP contribution in [0.15, 0.2) is 82.6 Å². The first-order valence-corrected chi connectivity index (χ1v) is 11.4. The summed E-state index contributed by atoms with van der Waals surface area (Å²) < 4.78 is 26.5. The third-order valence-corrected chi connectivity index (χ3v) is 6.79. The van der Waals surface area contributed by atoms with Gasteiger partial charge in [0.25, 0.3) is 5.91 Å². The largest absolute Gasteiger partial charge is 0.354 e. The molecule has 0 unspecified atom stereocenters. The Hall–Kier alpha value is -3.91. The van der Waals surface area contributed by atoms with Crippen molar-refractivity contribution in [3.05, 3.63) is 88.8 Å². The molecule has 32 heavy (non-hydrogen) atoms. The highest BCUT2D eigenvalue weighted by atomic mass is 32.2. The Morgan fingerprint density at radius 2 is 1.31 bits per heavy atom. The lowest BCUT2D eigenvalue weighted by Gasteiger charge is -2.12. The molecule has 0 atom stereocenters. The maximum absolute atomic E-state index is 13.2. The SMILES string of the molecule is CC(=O)Nc1ccc(NC2=C(C(=O)Nc3ccc(C)cc3)S(=O)(=O)c3ccccc32)cc1. The second kappa shape index (κ2) is 8.32. The minimum absolute atomic E-state index is 0.0754. The molecule has 7 nitrogen and oxygen atoms in total. The number of hydrogen-bond donors (Lipinski definition) is 3. The molecule has 8 heteroatoms. The fraction of sp³-hybridized carbons (Fsp3) is 0.0833. The lowest BCUT2D eigenvalue weighted by Crippen LogP contribution is -2.20. The van der Waals surface area contributed by atoms with Crippen LogP contribution in [0.3, 0.4) is 0 Å². The average molecular weight is 448 g/mol. The van der Waals surface area contributed by atoms with E-state index < -0.39 is 15.7 Å². The number of anilines is 3. The van der Waals surface area contributed by atoms with Gasteiger partial charge in [0.1, 0.15) is 0 Å². The molecule has 1 heterocycles. The molecule has 3 aromatic carbocycles. The van der Waals surface area contributed by atoms with Gasteiger partial charge < -0.3 is 16.0 Å². The van der Waals surface area contributed by atoms with Gasteiger partial charge in [-0.25, -0.2) is 8.42 Å². The van der Waals surface area contributed by atoms with Gasteiger partial charge in [-0.05, 0) is 49.4 Å². The molecule has 0 aromatic heterocycles. The van der Waals surface area contributed by atoms with Crippen LogP contribution < -0.4 is 16.0 Å². The predicted molar refractivity (Wildman–Crippen MR) is 125 cm³/mol. The molecule has 2 amide bonds.